The predicted octanol–water partition coefficient (Wildman–Crippen LogP) is 3.23. The largest absolute Gasteiger partial charge is 0.421 e. The molecule has 6 nitrogen and oxygen atoms in total. The normalized spacial score (nSPS) is 22.8. The maximum atomic E-state index is 12.7. The van der Waals surface area contributed by atoms with Gasteiger partial charge in [0, 0.05) is 24.9 Å². The summed E-state index contributed by atoms with van der Waals surface area (Å²) >= 11 is 0. The number of aromatic nitrogens is 2. The van der Waals surface area contributed by atoms with Crippen molar-refractivity contribution in [2.45, 2.75) is 57.1 Å². The number of rotatable bonds is 5. The van der Waals surface area contributed by atoms with Crippen LogP contribution in [0.5, 0.6) is 0 Å². The van der Waals surface area contributed by atoms with E-state index in [2.05, 4.69) is 15.1 Å². The van der Waals surface area contributed by atoms with Crippen LogP contribution in [0.4, 0.5) is 0 Å². The lowest BCUT2D eigenvalue weighted by Crippen LogP contribution is -2.54. The minimum atomic E-state index is 0.230. The van der Waals surface area contributed by atoms with Gasteiger partial charge in [-0.15, -0.1) is 10.2 Å². The molecule has 1 aliphatic carbocycles. The van der Waals surface area contributed by atoms with Crippen LogP contribution >= 0.6 is 0 Å². The summed E-state index contributed by atoms with van der Waals surface area (Å²) in [6.45, 7) is 1.38. The van der Waals surface area contributed by atoms with Gasteiger partial charge in [0.15, 0.2) is 0 Å². The predicted molar refractivity (Wildman–Crippen MR) is 96.4 cm³/mol. The molecule has 0 bridgehead atoms. The maximum absolute atomic E-state index is 12.7. The lowest BCUT2D eigenvalue weighted by Gasteiger charge is -2.43. The first-order chi connectivity index (χ1) is 12.8. The molecule has 0 unspecified atom stereocenters. The van der Waals surface area contributed by atoms with Crippen molar-refractivity contribution < 1.29 is 13.9 Å². The molecule has 1 saturated heterocycles. The van der Waals surface area contributed by atoms with Gasteiger partial charge in [0.25, 0.3) is 0 Å². The number of benzene rings is 1. The Balaban J connectivity index is 1.29. The number of hydrogen-bond donors (Lipinski definition) is 0. The molecule has 1 aromatic heterocycles. The minimum Gasteiger partial charge on any atom is -0.421 e. The van der Waals surface area contributed by atoms with E-state index in [1.807, 2.05) is 30.3 Å². The molecule has 0 radical (unpaired) electrons. The Kier molecular flexibility index (Phi) is 5.29. The van der Waals surface area contributed by atoms with E-state index in [1.54, 1.807) is 0 Å². The van der Waals surface area contributed by atoms with Crippen molar-refractivity contribution in [1.29, 1.82) is 0 Å². The molecule has 6 heteroatoms. The molecular weight excluding hydrogens is 330 g/mol. The zero-order chi connectivity index (χ0) is 17.8. The second kappa shape index (κ2) is 7.99. The molecule has 2 aromatic rings. The zero-order valence-corrected chi connectivity index (χ0v) is 15.0. The molecule has 26 heavy (non-hydrogen) atoms. The summed E-state index contributed by atoms with van der Waals surface area (Å²) in [4.78, 5) is 14.7. The van der Waals surface area contributed by atoms with Crippen molar-refractivity contribution in [2.75, 3.05) is 13.2 Å². The van der Waals surface area contributed by atoms with Gasteiger partial charge in [-0.25, -0.2) is 0 Å². The molecule has 1 saturated carbocycles. The molecular formula is C20H25N3O3. The lowest BCUT2D eigenvalue weighted by atomic mass is 9.90. The van der Waals surface area contributed by atoms with Crippen LogP contribution < -0.4 is 0 Å². The quantitative estimate of drug-likeness (QED) is 0.824. The van der Waals surface area contributed by atoms with Crippen LogP contribution in [0.1, 0.15) is 44.4 Å². The van der Waals surface area contributed by atoms with Gasteiger partial charge in [0.05, 0.1) is 18.8 Å². The van der Waals surface area contributed by atoms with E-state index in [-0.39, 0.29) is 18.1 Å². The van der Waals surface area contributed by atoms with Crippen LogP contribution in [-0.4, -0.2) is 46.3 Å². The second-order valence-corrected chi connectivity index (χ2v) is 7.07. The third-order valence-corrected chi connectivity index (χ3v) is 5.32. The lowest BCUT2D eigenvalue weighted by molar-refractivity contribution is -0.149. The van der Waals surface area contributed by atoms with E-state index in [0.717, 1.165) is 31.4 Å². The van der Waals surface area contributed by atoms with E-state index in [9.17, 15) is 4.79 Å². The monoisotopic (exact) mass is 355 g/mol. The Morgan fingerprint density at radius 2 is 2.00 bits per heavy atom. The Labute approximate surface area is 153 Å². The molecule has 2 aliphatic rings. The van der Waals surface area contributed by atoms with Crippen LogP contribution in [0.2, 0.25) is 0 Å². The fourth-order valence-corrected chi connectivity index (χ4v) is 3.99. The Morgan fingerprint density at radius 1 is 1.15 bits per heavy atom. The van der Waals surface area contributed by atoms with Gasteiger partial charge in [-0.3, -0.25) is 4.79 Å². The van der Waals surface area contributed by atoms with Crippen molar-refractivity contribution >= 4 is 5.91 Å². The maximum Gasteiger partial charge on any atom is 0.247 e. The Morgan fingerprint density at radius 3 is 2.88 bits per heavy atom. The number of morpholine rings is 1. The van der Waals surface area contributed by atoms with Crippen LogP contribution in [0.3, 0.4) is 0 Å². The van der Waals surface area contributed by atoms with Gasteiger partial charge in [0.1, 0.15) is 0 Å². The molecule has 0 N–H and O–H groups in total. The number of aryl methyl sites for hydroxylation is 1. The minimum absolute atomic E-state index is 0.230. The third-order valence-electron chi connectivity index (χ3n) is 5.32. The van der Waals surface area contributed by atoms with Crippen molar-refractivity contribution in [1.82, 2.24) is 15.1 Å². The molecule has 1 aromatic carbocycles. The molecule has 138 valence electrons. The first-order valence-electron chi connectivity index (χ1n) is 9.60. The van der Waals surface area contributed by atoms with Crippen molar-refractivity contribution in [3.8, 4) is 11.5 Å². The van der Waals surface area contributed by atoms with Crippen LogP contribution in [0.25, 0.3) is 11.5 Å². The number of hydrogen-bond acceptors (Lipinski definition) is 5. The van der Waals surface area contributed by atoms with Gasteiger partial charge in [0.2, 0.25) is 17.7 Å². The van der Waals surface area contributed by atoms with E-state index in [4.69, 9.17) is 9.15 Å². The number of nitrogens with zero attached hydrogens (tertiary/aromatic N) is 3. The average Bonchev–Trinajstić information content (AvgIpc) is 3.17. The van der Waals surface area contributed by atoms with Gasteiger partial charge in [-0.1, -0.05) is 31.0 Å². The molecule has 2 fully saturated rings. The third kappa shape index (κ3) is 3.80. The zero-order valence-electron chi connectivity index (χ0n) is 15.0. The van der Waals surface area contributed by atoms with Gasteiger partial charge in [-0.05, 0) is 31.4 Å². The van der Waals surface area contributed by atoms with E-state index in [1.165, 1.54) is 12.8 Å². The van der Waals surface area contributed by atoms with Crippen LogP contribution in [-0.2, 0) is 16.0 Å². The number of fused-ring (bicyclic) bond motifs is 1. The fourth-order valence-electron chi connectivity index (χ4n) is 3.99. The highest BCUT2D eigenvalue weighted by atomic mass is 16.5. The van der Waals surface area contributed by atoms with Crippen molar-refractivity contribution in [2.24, 2.45) is 0 Å². The SMILES string of the molecule is O=C(CCCc1nnc(-c2ccccc2)o1)N1CCO[C@H]2CCCC[C@@H]21. The highest BCUT2D eigenvalue weighted by molar-refractivity contribution is 5.76. The molecule has 4 rings (SSSR count). The standard InChI is InChI=1S/C20H25N3O3/c24-19(23-13-14-25-17-10-5-4-9-16(17)23)12-6-11-18-21-22-20(26-18)15-7-2-1-3-8-15/h1-3,7-8,16-17H,4-6,9-14H2/t16-,17-/m0/s1. The fraction of sp³-hybridized carbons (Fsp3) is 0.550. The molecule has 0 spiro atoms. The van der Waals surface area contributed by atoms with Crippen molar-refractivity contribution in [3.63, 3.8) is 0 Å². The van der Waals surface area contributed by atoms with E-state index in [0.29, 0.717) is 31.2 Å². The topological polar surface area (TPSA) is 68.5 Å². The van der Waals surface area contributed by atoms with E-state index >= 15 is 0 Å². The number of carbonyl (C=O) groups is 1. The summed E-state index contributed by atoms with van der Waals surface area (Å²) in [6, 6.07) is 10.0. The number of amides is 1. The van der Waals surface area contributed by atoms with E-state index < -0.39 is 0 Å². The summed E-state index contributed by atoms with van der Waals surface area (Å²) in [7, 11) is 0. The average molecular weight is 355 g/mol. The highest BCUT2D eigenvalue weighted by Gasteiger charge is 2.36. The van der Waals surface area contributed by atoms with Gasteiger partial charge < -0.3 is 14.1 Å². The summed E-state index contributed by atoms with van der Waals surface area (Å²) in [6.07, 6.45) is 6.67. The summed E-state index contributed by atoms with van der Waals surface area (Å²) < 4.78 is 11.6. The van der Waals surface area contributed by atoms with Gasteiger partial charge in [-0.2, -0.15) is 0 Å². The molecule has 1 amide bonds. The molecule has 2 heterocycles. The highest BCUT2D eigenvalue weighted by Crippen LogP contribution is 2.29. The van der Waals surface area contributed by atoms with Crippen molar-refractivity contribution in [3.05, 3.63) is 36.2 Å². The Hall–Kier alpha value is -2.21. The molecule has 2 atom stereocenters. The summed E-state index contributed by atoms with van der Waals surface area (Å²) in [5, 5.41) is 8.21. The van der Waals surface area contributed by atoms with Gasteiger partial charge >= 0.3 is 0 Å². The second-order valence-electron chi connectivity index (χ2n) is 7.07. The smallest absolute Gasteiger partial charge is 0.247 e. The van der Waals surface area contributed by atoms with Crippen LogP contribution in [0.15, 0.2) is 34.7 Å². The summed E-state index contributed by atoms with van der Waals surface area (Å²) in [5.41, 5.74) is 0.916. The number of carbonyl (C=O) groups excluding carboxylic acids is 1. The first-order valence-corrected chi connectivity index (χ1v) is 9.60. The summed E-state index contributed by atoms with van der Waals surface area (Å²) in [5.74, 6) is 1.35. The van der Waals surface area contributed by atoms with Crippen LogP contribution in [0, 0.1) is 0 Å². The first kappa shape index (κ1) is 17.2. The number of ether oxygens (including phenoxy) is 1. The Bertz CT molecular complexity index is 729. The molecule has 1 aliphatic heterocycles.